The predicted octanol–water partition coefficient (Wildman–Crippen LogP) is 3.99. The maximum atomic E-state index is 10.3. The van der Waals surface area contributed by atoms with Crippen LogP contribution in [-0.4, -0.2) is 49.0 Å². The Bertz CT molecular complexity index is 700. The smallest absolute Gasteiger partial charge is 0.122 e. The van der Waals surface area contributed by atoms with Gasteiger partial charge in [0.1, 0.15) is 18.5 Å². The second kappa shape index (κ2) is 10.3. The lowest BCUT2D eigenvalue weighted by molar-refractivity contribution is -0.0459. The molecule has 0 saturated carbocycles. The summed E-state index contributed by atoms with van der Waals surface area (Å²) in [7, 11) is 0. The molecule has 0 amide bonds. The second-order valence-corrected chi connectivity index (χ2v) is 7.32. The maximum Gasteiger partial charge on any atom is 0.122 e. The summed E-state index contributed by atoms with van der Waals surface area (Å²) in [4.78, 5) is 2.24. The minimum Gasteiger partial charge on any atom is -0.491 e. The molecule has 6 heteroatoms. The van der Waals surface area contributed by atoms with E-state index in [0.717, 1.165) is 34.4 Å². The Kier molecular flexibility index (Phi) is 8.38. The predicted molar refractivity (Wildman–Crippen MR) is 109 cm³/mol. The molecule has 26 heavy (non-hydrogen) atoms. The average molecular weight is 443 g/mol. The Morgan fingerprint density at radius 3 is 2.85 bits per heavy atom. The van der Waals surface area contributed by atoms with Crippen molar-refractivity contribution in [1.82, 2.24) is 4.90 Å². The lowest BCUT2D eigenvalue weighted by atomic mass is 10.1. The Labute approximate surface area is 169 Å². The molecule has 0 bridgehead atoms. The van der Waals surface area contributed by atoms with Gasteiger partial charge in [0.25, 0.3) is 0 Å². The highest BCUT2D eigenvalue weighted by Gasteiger charge is 2.24. The van der Waals surface area contributed by atoms with Crippen molar-refractivity contribution >= 4 is 28.3 Å². The number of halogens is 2. The van der Waals surface area contributed by atoms with E-state index in [0.29, 0.717) is 19.8 Å². The van der Waals surface area contributed by atoms with Crippen molar-refractivity contribution in [3.05, 3.63) is 64.1 Å². The number of β-amino-alcohol motifs (C(OH)–C–C–N with tert-alkyl or cyclic N) is 1. The largest absolute Gasteiger partial charge is 0.491 e. The first kappa shape index (κ1) is 21.2. The number of ether oxygens (including phenoxy) is 2. The van der Waals surface area contributed by atoms with Crippen LogP contribution in [0.25, 0.3) is 0 Å². The molecule has 142 valence electrons. The molecule has 2 atom stereocenters. The molecule has 3 rings (SSSR count). The number of aryl methyl sites for hydroxylation is 1. The van der Waals surface area contributed by atoms with Crippen LogP contribution >= 0.6 is 28.3 Å². The van der Waals surface area contributed by atoms with Gasteiger partial charge in [-0.2, -0.15) is 0 Å². The van der Waals surface area contributed by atoms with Crippen molar-refractivity contribution in [1.29, 1.82) is 0 Å². The Morgan fingerprint density at radius 1 is 1.27 bits per heavy atom. The highest BCUT2D eigenvalue weighted by atomic mass is 79.9. The summed E-state index contributed by atoms with van der Waals surface area (Å²) in [5, 5.41) is 10.3. The van der Waals surface area contributed by atoms with Crippen molar-refractivity contribution < 1.29 is 14.6 Å². The highest BCUT2D eigenvalue weighted by molar-refractivity contribution is 9.10. The van der Waals surface area contributed by atoms with E-state index in [2.05, 4.69) is 33.0 Å². The van der Waals surface area contributed by atoms with Crippen LogP contribution in [0.15, 0.2) is 53.0 Å². The summed E-state index contributed by atoms with van der Waals surface area (Å²) in [6, 6.07) is 16.1. The standard InChI is InChI=1S/C20H24BrNO3.ClH/c1-15-5-2-3-8-19(15)25-14-18(23)12-22-9-10-24-20(13-22)16-6-4-7-17(21)11-16;/h2-8,11,18,20,23H,9-10,12-14H2,1H3;1H. The van der Waals surface area contributed by atoms with Gasteiger partial charge in [-0.15, -0.1) is 12.4 Å². The third kappa shape index (κ3) is 5.96. The molecule has 1 aliphatic rings. The van der Waals surface area contributed by atoms with Crippen LogP contribution in [0.3, 0.4) is 0 Å². The molecule has 1 aliphatic heterocycles. The quantitative estimate of drug-likeness (QED) is 0.734. The van der Waals surface area contributed by atoms with Crippen molar-refractivity contribution in [2.24, 2.45) is 0 Å². The van der Waals surface area contributed by atoms with Gasteiger partial charge in [0, 0.05) is 24.1 Å². The molecule has 2 aromatic carbocycles. The highest BCUT2D eigenvalue weighted by Crippen LogP contribution is 2.25. The van der Waals surface area contributed by atoms with E-state index in [1.54, 1.807) is 0 Å². The molecule has 4 nitrogen and oxygen atoms in total. The van der Waals surface area contributed by atoms with Gasteiger partial charge < -0.3 is 14.6 Å². The van der Waals surface area contributed by atoms with Gasteiger partial charge in [-0.05, 0) is 36.2 Å². The van der Waals surface area contributed by atoms with E-state index in [9.17, 15) is 5.11 Å². The first-order valence-electron chi connectivity index (χ1n) is 8.58. The summed E-state index contributed by atoms with van der Waals surface area (Å²) in [6.45, 7) is 5.15. The van der Waals surface area contributed by atoms with Gasteiger partial charge >= 0.3 is 0 Å². The molecular formula is C20H25BrClNO3. The first-order valence-corrected chi connectivity index (χ1v) is 9.37. The SMILES string of the molecule is Cc1ccccc1OCC(O)CN1CCOC(c2cccc(Br)c2)C1.Cl. The van der Waals surface area contributed by atoms with E-state index < -0.39 is 6.10 Å². The minimum atomic E-state index is -0.527. The second-order valence-electron chi connectivity index (χ2n) is 6.40. The third-order valence-electron chi connectivity index (χ3n) is 4.36. The van der Waals surface area contributed by atoms with E-state index >= 15 is 0 Å². The van der Waals surface area contributed by atoms with Crippen molar-refractivity contribution in [3.8, 4) is 5.75 Å². The number of para-hydroxylation sites is 1. The normalized spacial score (nSPS) is 18.8. The molecule has 2 unspecified atom stereocenters. The van der Waals surface area contributed by atoms with Gasteiger partial charge in [-0.3, -0.25) is 4.90 Å². The number of nitrogens with zero attached hydrogens (tertiary/aromatic N) is 1. The number of rotatable bonds is 6. The van der Waals surface area contributed by atoms with E-state index in [4.69, 9.17) is 9.47 Å². The van der Waals surface area contributed by atoms with Gasteiger partial charge in [-0.25, -0.2) is 0 Å². The lowest BCUT2D eigenvalue weighted by Gasteiger charge is -2.34. The Hall–Kier alpha value is -1.11. The zero-order chi connectivity index (χ0) is 17.6. The van der Waals surface area contributed by atoms with Gasteiger partial charge in [0.05, 0.1) is 12.7 Å². The summed E-state index contributed by atoms with van der Waals surface area (Å²) in [5.74, 6) is 0.829. The topological polar surface area (TPSA) is 41.9 Å². The Morgan fingerprint density at radius 2 is 2.08 bits per heavy atom. The molecule has 1 fully saturated rings. The van der Waals surface area contributed by atoms with Gasteiger partial charge in [0.15, 0.2) is 0 Å². The van der Waals surface area contributed by atoms with Gasteiger partial charge in [-0.1, -0.05) is 46.3 Å². The van der Waals surface area contributed by atoms with Gasteiger partial charge in [0.2, 0.25) is 0 Å². The summed E-state index contributed by atoms with van der Waals surface area (Å²) in [6.07, 6.45) is -0.489. The zero-order valence-corrected chi connectivity index (χ0v) is 17.2. The molecule has 0 spiro atoms. The van der Waals surface area contributed by atoms with Crippen LogP contribution in [0, 0.1) is 6.92 Å². The van der Waals surface area contributed by atoms with Crippen LogP contribution in [-0.2, 0) is 4.74 Å². The number of hydrogen-bond acceptors (Lipinski definition) is 4. The zero-order valence-electron chi connectivity index (χ0n) is 14.8. The molecule has 0 radical (unpaired) electrons. The monoisotopic (exact) mass is 441 g/mol. The van der Waals surface area contributed by atoms with Crippen molar-refractivity contribution in [2.45, 2.75) is 19.1 Å². The fraction of sp³-hybridized carbons (Fsp3) is 0.400. The van der Waals surface area contributed by atoms with Crippen LogP contribution in [0.5, 0.6) is 5.75 Å². The van der Waals surface area contributed by atoms with Crippen molar-refractivity contribution in [3.63, 3.8) is 0 Å². The fourth-order valence-electron chi connectivity index (χ4n) is 3.03. The number of benzene rings is 2. The molecule has 1 heterocycles. The van der Waals surface area contributed by atoms with Crippen molar-refractivity contribution in [2.75, 3.05) is 32.8 Å². The number of morpholine rings is 1. The van der Waals surface area contributed by atoms with Crippen LogP contribution in [0.4, 0.5) is 0 Å². The number of aliphatic hydroxyl groups is 1. The first-order chi connectivity index (χ1) is 12.1. The molecule has 0 aromatic heterocycles. The summed E-state index contributed by atoms with van der Waals surface area (Å²) >= 11 is 3.51. The molecule has 1 saturated heterocycles. The number of hydrogen-bond donors (Lipinski definition) is 1. The van der Waals surface area contributed by atoms with Crippen LogP contribution in [0.2, 0.25) is 0 Å². The summed E-state index contributed by atoms with van der Waals surface area (Å²) < 4.78 is 12.7. The fourth-order valence-corrected chi connectivity index (χ4v) is 3.45. The average Bonchev–Trinajstić information content (AvgIpc) is 2.61. The van der Waals surface area contributed by atoms with E-state index in [-0.39, 0.29) is 18.5 Å². The third-order valence-corrected chi connectivity index (χ3v) is 4.86. The van der Waals surface area contributed by atoms with Crippen LogP contribution < -0.4 is 4.74 Å². The maximum absolute atomic E-state index is 10.3. The molecule has 1 N–H and O–H groups in total. The van der Waals surface area contributed by atoms with E-state index in [1.165, 1.54) is 0 Å². The number of aliphatic hydroxyl groups excluding tert-OH is 1. The van der Waals surface area contributed by atoms with E-state index in [1.807, 2.05) is 43.3 Å². The minimum absolute atomic E-state index is 0. The lowest BCUT2D eigenvalue weighted by Crippen LogP contribution is -2.43. The summed E-state index contributed by atoms with van der Waals surface area (Å²) in [5.41, 5.74) is 2.24. The Balaban J connectivity index is 0.00000243. The molecule has 0 aliphatic carbocycles. The molecule has 2 aromatic rings. The van der Waals surface area contributed by atoms with Crippen LogP contribution in [0.1, 0.15) is 17.2 Å². The molecular weight excluding hydrogens is 418 g/mol.